The van der Waals surface area contributed by atoms with Crippen molar-refractivity contribution in [2.75, 3.05) is 5.73 Å². The van der Waals surface area contributed by atoms with Crippen LogP contribution in [0.5, 0.6) is 0 Å². The summed E-state index contributed by atoms with van der Waals surface area (Å²) >= 11 is 0. The van der Waals surface area contributed by atoms with Crippen molar-refractivity contribution in [1.29, 1.82) is 0 Å². The number of nitrogen functional groups attached to an aromatic ring is 1. The maximum atomic E-state index is 13.3. The van der Waals surface area contributed by atoms with Crippen LogP contribution in [-0.4, -0.2) is 9.55 Å². The van der Waals surface area contributed by atoms with Crippen LogP contribution >= 0.6 is 0 Å². The molecule has 94 valence electrons. The van der Waals surface area contributed by atoms with Gasteiger partial charge >= 0.3 is 0 Å². The monoisotopic (exact) mass is 245 g/mol. The van der Waals surface area contributed by atoms with Gasteiger partial charge in [-0.15, -0.1) is 6.58 Å². The number of halogens is 1. The Morgan fingerprint density at radius 1 is 1.44 bits per heavy atom. The smallest absolute Gasteiger partial charge is 0.132 e. The van der Waals surface area contributed by atoms with Gasteiger partial charge in [0.25, 0.3) is 0 Å². The van der Waals surface area contributed by atoms with Gasteiger partial charge in [0.1, 0.15) is 23.2 Å². The minimum Gasteiger partial charge on any atom is -0.383 e. The third kappa shape index (κ3) is 2.01. The second kappa shape index (κ2) is 4.64. The third-order valence-corrected chi connectivity index (χ3v) is 2.94. The molecular formula is C14H16FN3. The van der Waals surface area contributed by atoms with Crippen LogP contribution in [-0.2, 0) is 6.54 Å². The summed E-state index contributed by atoms with van der Waals surface area (Å²) in [6.07, 6.45) is 1.77. The van der Waals surface area contributed by atoms with E-state index in [2.05, 4.69) is 11.6 Å². The maximum Gasteiger partial charge on any atom is 0.132 e. The van der Waals surface area contributed by atoms with Crippen LogP contribution < -0.4 is 5.73 Å². The molecule has 2 aromatic rings. The third-order valence-electron chi connectivity index (χ3n) is 2.94. The van der Waals surface area contributed by atoms with E-state index in [1.807, 2.05) is 11.5 Å². The summed E-state index contributed by atoms with van der Waals surface area (Å²) in [7, 11) is 0. The van der Waals surface area contributed by atoms with Crippen molar-refractivity contribution in [3.8, 4) is 11.3 Å². The SMILES string of the molecule is C=CCn1c(C)nc(-c2ccc(F)c(C)c2)c1N. The van der Waals surface area contributed by atoms with Crippen LogP contribution in [0.4, 0.5) is 10.2 Å². The zero-order chi connectivity index (χ0) is 13.3. The summed E-state index contributed by atoms with van der Waals surface area (Å²) in [5, 5.41) is 0. The first-order valence-electron chi connectivity index (χ1n) is 5.74. The molecule has 0 unspecified atom stereocenters. The van der Waals surface area contributed by atoms with Gasteiger partial charge in [-0.2, -0.15) is 0 Å². The lowest BCUT2D eigenvalue weighted by molar-refractivity contribution is 0.619. The molecule has 1 heterocycles. The normalized spacial score (nSPS) is 10.6. The van der Waals surface area contributed by atoms with Crippen molar-refractivity contribution in [3.63, 3.8) is 0 Å². The molecule has 2 rings (SSSR count). The quantitative estimate of drug-likeness (QED) is 0.844. The van der Waals surface area contributed by atoms with E-state index >= 15 is 0 Å². The van der Waals surface area contributed by atoms with Gasteiger partial charge in [0.2, 0.25) is 0 Å². The number of hydrogen-bond acceptors (Lipinski definition) is 2. The lowest BCUT2D eigenvalue weighted by Gasteiger charge is -2.05. The van der Waals surface area contributed by atoms with Crippen LogP contribution in [0.15, 0.2) is 30.9 Å². The molecule has 0 fully saturated rings. The Bertz CT molecular complexity index is 599. The largest absolute Gasteiger partial charge is 0.383 e. The lowest BCUT2D eigenvalue weighted by atomic mass is 10.1. The highest BCUT2D eigenvalue weighted by molar-refractivity contribution is 5.71. The Morgan fingerprint density at radius 3 is 2.78 bits per heavy atom. The van der Waals surface area contributed by atoms with Gasteiger partial charge in [-0.3, -0.25) is 0 Å². The fourth-order valence-electron chi connectivity index (χ4n) is 1.95. The van der Waals surface area contributed by atoms with Gasteiger partial charge in [-0.25, -0.2) is 9.37 Å². The molecule has 0 radical (unpaired) electrons. The Hall–Kier alpha value is -2.10. The molecule has 18 heavy (non-hydrogen) atoms. The summed E-state index contributed by atoms with van der Waals surface area (Å²) in [4.78, 5) is 4.44. The van der Waals surface area contributed by atoms with Gasteiger partial charge in [-0.05, 0) is 37.6 Å². The predicted octanol–water partition coefficient (Wildman–Crippen LogP) is 3.07. The van der Waals surface area contributed by atoms with Crippen molar-refractivity contribution in [1.82, 2.24) is 9.55 Å². The van der Waals surface area contributed by atoms with Crippen LogP contribution in [0.2, 0.25) is 0 Å². The van der Waals surface area contributed by atoms with Gasteiger partial charge in [-0.1, -0.05) is 6.08 Å². The fraction of sp³-hybridized carbons (Fsp3) is 0.214. The van der Waals surface area contributed by atoms with Crippen LogP contribution in [0.25, 0.3) is 11.3 Å². The van der Waals surface area contributed by atoms with Crippen molar-refractivity contribution in [3.05, 3.63) is 48.1 Å². The Balaban J connectivity index is 2.54. The standard InChI is InChI=1S/C14H16FN3/c1-4-7-18-10(3)17-13(14(18)16)11-5-6-12(15)9(2)8-11/h4-6,8H,1,7,16H2,2-3H3. The Kier molecular flexibility index (Phi) is 3.19. The number of rotatable bonds is 3. The Labute approximate surface area is 106 Å². The molecule has 0 atom stereocenters. The van der Waals surface area contributed by atoms with Gasteiger partial charge in [0.15, 0.2) is 0 Å². The van der Waals surface area contributed by atoms with Crippen molar-refractivity contribution < 1.29 is 4.39 Å². The average molecular weight is 245 g/mol. The second-order valence-corrected chi connectivity index (χ2v) is 4.26. The van der Waals surface area contributed by atoms with E-state index in [-0.39, 0.29) is 5.82 Å². The van der Waals surface area contributed by atoms with Crippen LogP contribution in [0.3, 0.4) is 0 Å². The first-order chi connectivity index (χ1) is 8.54. The highest BCUT2D eigenvalue weighted by Crippen LogP contribution is 2.27. The van der Waals surface area contributed by atoms with Crippen molar-refractivity contribution >= 4 is 5.82 Å². The predicted molar refractivity (Wildman–Crippen MR) is 71.7 cm³/mol. The molecule has 3 nitrogen and oxygen atoms in total. The minimum absolute atomic E-state index is 0.223. The number of nitrogens with two attached hydrogens (primary N) is 1. The van der Waals surface area contributed by atoms with Crippen LogP contribution in [0, 0.1) is 19.7 Å². The molecule has 1 aromatic carbocycles. The zero-order valence-corrected chi connectivity index (χ0v) is 10.6. The number of imidazole rings is 1. The topological polar surface area (TPSA) is 43.8 Å². The number of aromatic nitrogens is 2. The summed E-state index contributed by atoms with van der Waals surface area (Å²) in [6.45, 7) is 7.92. The van der Waals surface area contributed by atoms with Crippen LogP contribution in [0.1, 0.15) is 11.4 Å². The molecule has 2 N–H and O–H groups in total. The average Bonchev–Trinajstić information content (AvgIpc) is 2.61. The number of anilines is 1. The molecule has 0 spiro atoms. The zero-order valence-electron chi connectivity index (χ0n) is 10.6. The highest BCUT2D eigenvalue weighted by Gasteiger charge is 2.13. The van der Waals surface area contributed by atoms with Crippen molar-refractivity contribution in [2.24, 2.45) is 0 Å². The second-order valence-electron chi connectivity index (χ2n) is 4.26. The van der Waals surface area contributed by atoms with E-state index in [9.17, 15) is 4.39 Å². The summed E-state index contributed by atoms with van der Waals surface area (Å²) < 4.78 is 15.1. The van der Waals surface area contributed by atoms with Gasteiger partial charge in [0.05, 0.1) is 0 Å². The number of hydrogen-bond donors (Lipinski definition) is 1. The first-order valence-corrected chi connectivity index (χ1v) is 5.74. The molecule has 0 saturated carbocycles. The summed E-state index contributed by atoms with van der Waals surface area (Å²) in [5.74, 6) is 1.18. The maximum absolute atomic E-state index is 13.3. The molecule has 0 aliphatic rings. The van der Waals surface area contributed by atoms with E-state index in [0.29, 0.717) is 23.6 Å². The van der Waals surface area contributed by atoms with Gasteiger partial charge in [0, 0.05) is 12.1 Å². The highest BCUT2D eigenvalue weighted by atomic mass is 19.1. The van der Waals surface area contributed by atoms with E-state index < -0.39 is 0 Å². The molecule has 4 heteroatoms. The van der Waals surface area contributed by atoms with E-state index in [1.54, 1.807) is 25.1 Å². The fourth-order valence-corrected chi connectivity index (χ4v) is 1.95. The lowest BCUT2D eigenvalue weighted by Crippen LogP contribution is -2.03. The number of nitrogens with zero attached hydrogens (tertiary/aromatic N) is 2. The van der Waals surface area contributed by atoms with E-state index in [0.717, 1.165) is 11.4 Å². The van der Waals surface area contributed by atoms with E-state index in [1.165, 1.54) is 6.07 Å². The summed E-state index contributed by atoms with van der Waals surface area (Å²) in [6, 6.07) is 4.89. The first kappa shape index (κ1) is 12.4. The van der Waals surface area contributed by atoms with Crippen molar-refractivity contribution in [2.45, 2.75) is 20.4 Å². The Morgan fingerprint density at radius 2 is 2.17 bits per heavy atom. The number of benzene rings is 1. The number of aryl methyl sites for hydroxylation is 2. The molecular weight excluding hydrogens is 229 g/mol. The molecule has 0 saturated heterocycles. The molecule has 0 amide bonds. The number of allylic oxidation sites excluding steroid dienone is 1. The molecule has 0 bridgehead atoms. The minimum atomic E-state index is -0.223. The molecule has 0 aliphatic carbocycles. The molecule has 1 aromatic heterocycles. The van der Waals surface area contributed by atoms with Gasteiger partial charge < -0.3 is 10.3 Å². The summed E-state index contributed by atoms with van der Waals surface area (Å²) in [5.41, 5.74) is 8.18. The molecule has 0 aliphatic heterocycles. The van der Waals surface area contributed by atoms with E-state index in [4.69, 9.17) is 5.73 Å².